The van der Waals surface area contributed by atoms with Gasteiger partial charge in [0.05, 0.1) is 0 Å². The molecule has 0 fully saturated rings. The highest BCUT2D eigenvalue weighted by Gasteiger charge is 1.67. The first kappa shape index (κ1) is 29.8. The SMILES string of the molecule is C=C(C)CC.C=C/C(C)=C\C.CC.CC.CC. The van der Waals surface area contributed by atoms with Crippen LogP contribution in [0, 0.1) is 0 Å². The molecule has 0 amide bonds. The van der Waals surface area contributed by atoms with Gasteiger partial charge in [0.1, 0.15) is 0 Å². The second-order valence-electron chi connectivity index (χ2n) is 2.55. The van der Waals surface area contributed by atoms with Gasteiger partial charge in [-0.2, -0.15) is 0 Å². The van der Waals surface area contributed by atoms with E-state index in [2.05, 4.69) is 20.1 Å². The Bertz CT molecular complexity index is 138. The number of allylic oxidation sites excluding steroid dienone is 4. The zero-order valence-electron chi connectivity index (χ0n) is 14.3. The molecule has 0 N–H and O–H groups in total. The Balaban J connectivity index is -0.0000000395. The molecule has 0 radical (unpaired) electrons. The lowest BCUT2D eigenvalue weighted by Gasteiger charge is -1.79. The largest absolute Gasteiger partial charge is 0.100 e. The Kier molecular flexibility index (Phi) is 80.0. The molecule has 0 saturated carbocycles. The lowest BCUT2D eigenvalue weighted by Crippen LogP contribution is -1.58. The van der Waals surface area contributed by atoms with Gasteiger partial charge in [0.25, 0.3) is 0 Å². The topological polar surface area (TPSA) is 0 Å². The van der Waals surface area contributed by atoms with E-state index >= 15 is 0 Å². The predicted molar refractivity (Wildman–Crippen MR) is 88.8 cm³/mol. The van der Waals surface area contributed by atoms with E-state index in [1.165, 1.54) is 11.1 Å². The van der Waals surface area contributed by atoms with Gasteiger partial charge in [0.15, 0.2) is 0 Å². The van der Waals surface area contributed by atoms with Crippen molar-refractivity contribution in [1.82, 2.24) is 0 Å². The highest BCUT2D eigenvalue weighted by molar-refractivity contribution is 5.10. The number of hydrogen-bond donors (Lipinski definition) is 0. The molecule has 0 spiro atoms. The molecular formula is C17H38. The maximum Gasteiger partial charge on any atom is -0.0354 e. The highest BCUT2D eigenvalue weighted by atomic mass is 13.7. The second kappa shape index (κ2) is 45.5. The molecule has 0 aliphatic heterocycles. The van der Waals surface area contributed by atoms with Crippen LogP contribution in [0.4, 0.5) is 0 Å². The maximum absolute atomic E-state index is 3.67. The normalized spacial score (nSPS) is 7.29. The average molecular weight is 242 g/mol. The van der Waals surface area contributed by atoms with E-state index in [9.17, 15) is 0 Å². The number of rotatable bonds is 2. The van der Waals surface area contributed by atoms with Crippen molar-refractivity contribution in [1.29, 1.82) is 0 Å². The summed E-state index contributed by atoms with van der Waals surface area (Å²) in [5, 5.41) is 0. The van der Waals surface area contributed by atoms with Crippen LogP contribution in [0.5, 0.6) is 0 Å². The van der Waals surface area contributed by atoms with Gasteiger partial charge in [-0.15, -0.1) is 6.58 Å². The van der Waals surface area contributed by atoms with E-state index in [1.807, 2.05) is 74.5 Å². The Hall–Kier alpha value is -0.780. The first-order valence-corrected chi connectivity index (χ1v) is 6.98. The molecule has 0 aliphatic carbocycles. The maximum atomic E-state index is 3.67. The molecule has 0 saturated heterocycles. The Morgan fingerprint density at radius 2 is 1.18 bits per heavy atom. The summed E-state index contributed by atoms with van der Waals surface area (Å²) in [6.45, 7) is 27.4. The summed E-state index contributed by atoms with van der Waals surface area (Å²) in [5.41, 5.74) is 2.49. The first-order valence-electron chi connectivity index (χ1n) is 6.98. The minimum absolute atomic E-state index is 1.11. The summed E-state index contributed by atoms with van der Waals surface area (Å²) < 4.78 is 0. The van der Waals surface area contributed by atoms with E-state index in [0.717, 1.165) is 6.42 Å². The van der Waals surface area contributed by atoms with E-state index < -0.39 is 0 Å². The van der Waals surface area contributed by atoms with Gasteiger partial charge in [-0.25, -0.2) is 0 Å². The molecule has 0 aromatic carbocycles. The molecule has 0 atom stereocenters. The lowest BCUT2D eigenvalue weighted by atomic mass is 10.3. The Morgan fingerprint density at radius 1 is 0.941 bits per heavy atom. The molecule has 0 heteroatoms. The molecule has 0 unspecified atom stereocenters. The molecule has 0 heterocycles. The van der Waals surface area contributed by atoms with Gasteiger partial charge in [-0.3, -0.25) is 0 Å². The lowest BCUT2D eigenvalue weighted by molar-refractivity contribution is 1.11. The molecule has 106 valence electrons. The summed E-state index contributed by atoms with van der Waals surface area (Å²) in [7, 11) is 0. The predicted octanol–water partition coefficient (Wildman–Crippen LogP) is 7.19. The summed E-state index contributed by atoms with van der Waals surface area (Å²) in [6.07, 6.45) is 4.97. The van der Waals surface area contributed by atoms with Crippen LogP contribution in [0.15, 0.2) is 36.5 Å². The Morgan fingerprint density at radius 3 is 1.18 bits per heavy atom. The van der Waals surface area contributed by atoms with Crippen LogP contribution in [-0.2, 0) is 0 Å². The molecule has 0 aromatic rings. The molecule has 17 heavy (non-hydrogen) atoms. The summed E-state index contributed by atoms with van der Waals surface area (Å²) in [6, 6.07) is 0. The molecule has 0 nitrogen and oxygen atoms in total. The second-order valence-corrected chi connectivity index (χ2v) is 2.55. The van der Waals surface area contributed by atoms with Gasteiger partial charge in [0, 0.05) is 0 Å². The van der Waals surface area contributed by atoms with Gasteiger partial charge in [-0.1, -0.05) is 78.3 Å². The zero-order valence-corrected chi connectivity index (χ0v) is 14.3. The van der Waals surface area contributed by atoms with E-state index in [1.54, 1.807) is 0 Å². The van der Waals surface area contributed by atoms with E-state index in [4.69, 9.17) is 0 Å². The van der Waals surface area contributed by atoms with Crippen molar-refractivity contribution < 1.29 is 0 Å². The fourth-order valence-electron chi connectivity index (χ4n) is 0.118. The standard InChI is InChI=1S/C6H10.C5H10.3C2H6/c1-4-6(3)5-2;1-4-5(2)3;3*1-2/h4-5H,1H2,2-3H3;2,4H2,1,3H3;3*1-2H3/b6-5-;;;;. The minimum atomic E-state index is 1.11. The van der Waals surface area contributed by atoms with Gasteiger partial charge >= 0.3 is 0 Å². The van der Waals surface area contributed by atoms with E-state index in [-0.39, 0.29) is 0 Å². The van der Waals surface area contributed by atoms with Crippen LogP contribution in [-0.4, -0.2) is 0 Å². The third-order valence-electron chi connectivity index (χ3n) is 1.38. The van der Waals surface area contributed by atoms with Crippen LogP contribution in [0.3, 0.4) is 0 Å². The summed E-state index contributed by atoms with van der Waals surface area (Å²) >= 11 is 0. The molecule has 0 rings (SSSR count). The molecule has 0 bridgehead atoms. The van der Waals surface area contributed by atoms with Crippen molar-refractivity contribution in [2.24, 2.45) is 0 Å². The van der Waals surface area contributed by atoms with Crippen molar-refractivity contribution in [3.8, 4) is 0 Å². The van der Waals surface area contributed by atoms with Crippen molar-refractivity contribution in [2.75, 3.05) is 0 Å². The van der Waals surface area contributed by atoms with Crippen molar-refractivity contribution in [3.63, 3.8) is 0 Å². The van der Waals surface area contributed by atoms with Gasteiger partial charge < -0.3 is 0 Å². The molecule has 0 aliphatic rings. The zero-order chi connectivity index (χ0) is 15.3. The van der Waals surface area contributed by atoms with Crippen LogP contribution < -0.4 is 0 Å². The quantitative estimate of drug-likeness (QED) is 0.355. The number of hydrogen-bond acceptors (Lipinski definition) is 0. The summed E-state index contributed by atoms with van der Waals surface area (Å²) in [4.78, 5) is 0. The molecular weight excluding hydrogens is 204 g/mol. The fraction of sp³-hybridized carbons (Fsp3) is 0.647. The van der Waals surface area contributed by atoms with Gasteiger partial charge in [0.2, 0.25) is 0 Å². The Labute approximate surface area is 113 Å². The van der Waals surface area contributed by atoms with Crippen LogP contribution >= 0.6 is 0 Å². The monoisotopic (exact) mass is 242 g/mol. The average Bonchev–Trinajstić information content (AvgIpc) is 2.45. The smallest absolute Gasteiger partial charge is 0.0354 e. The van der Waals surface area contributed by atoms with Crippen LogP contribution in [0.1, 0.15) is 75.7 Å². The van der Waals surface area contributed by atoms with Crippen molar-refractivity contribution >= 4 is 0 Å². The van der Waals surface area contributed by atoms with Crippen molar-refractivity contribution in [3.05, 3.63) is 36.5 Å². The third kappa shape index (κ3) is 97.6. The first-order chi connectivity index (χ1) is 8.08. The van der Waals surface area contributed by atoms with Crippen LogP contribution in [0.25, 0.3) is 0 Å². The van der Waals surface area contributed by atoms with Crippen LogP contribution in [0.2, 0.25) is 0 Å². The highest BCUT2D eigenvalue weighted by Crippen LogP contribution is 1.89. The van der Waals surface area contributed by atoms with Gasteiger partial charge in [-0.05, 0) is 27.2 Å². The molecule has 0 aromatic heterocycles. The van der Waals surface area contributed by atoms with Crippen molar-refractivity contribution in [2.45, 2.75) is 75.7 Å². The fourth-order valence-corrected chi connectivity index (χ4v) is 0.118. The summed E-state index contributed by atoms with van der Waals surface area (Å²) in [5.74, 6) is 0. The third-order valence-corrected chi connectivity index (χ3v) is 1.38. The van der Waals surface area contributed by atoms with E-state index in [0.29, 0.717) is 0 Å². The minimum Gasteiger partial charge on any atom is -0.100 e.